The van der Waals surface area contributed by atoms with E-state index in [4.69, 9.17) is 19.3 Å². The lowest BCUT2D eigenvalue weighted by Crippen LogP contribution is -2.26. The summed E-state index contributed by atoms with van der Waals surface area (Å²) in [5.41, 5.74) is 0.216. The van der Waals surface area contributed by atoms with Gasteiger partial charge in [0.2, 0.25) is 5.78 Å². The van der Waals surface area contributed by atoms with Gasteiger partial charge >= 0.3 is 5.97 Å². The number of thiophene rings is 1. The van der Waals surface area contributed by atoms with Crippen LogP contribution in [0.1, 0.15) is 47.8 Å². The quantitative estimate of drug-likeness (QED) is 0.0907. The van der Waals surface area contributed by atoms with E-state index in [9.17, 15) is 19.1 Å². The number of carbonyl (C=O) groups excluding carboxylic acids is 1. The minimum Gasteiger partial charge on any atom is -0.508 e. The predicted octanol–water partition coefficient (Wildman–Crippen LogP) is 7.13. The maximum absolute atomic E-state index is 13.8. The van der Waals surface area contributed by atoms with E-state index in [1.54, 1.807) is 30.3 Å². The fraction of sp³-hybridized carbons (Fsp3) is 0.333. The third-order valence-electron chi connectivity index (χ3n) is 6.79. The van der Waals surface area contributed by atoms with Gasteiger partial charge in [-0.05, 0) is 93.4 Å². The smallest absolute Gasteiger partial charge is 0.329 e. The number of phenolic OH excluding ortho intramolecular Hbond substituents is 1. The van der Waals surface area contributed by atoms with Gasteiger partial charge < -0.3 is 29.3 Å². The van der Waals surface area contributed by atoms with E-state index in [2.05, 4.69) is 11.8 Å². The second-order valence-corrected chi connectivity index (χ2v) is 11.0. The van der Waals surface area contributed by atoms with Crippen molar-refractivity contribution in [2.24, 2.45) is 0 Å². The summed E-state index contributed by atoms with van der Waals surface area (Å²) in [6, 6.07) is 17.5. The molecule has 0 bridgehead atoms. The highest BCUT2D eigenvalue weighted by atomic mass is 32.1. The highest BCUT2D eigenvalue weighted by molar-refractivity contribution is 7.21. The van der Waals surface area contributed by atoms with Crippen molar-refractivity contribution in [2.75, 3.05) is 39.5 Å². The van der Waals surface area contributed by atoms with Gasteiger partial charge in [-0.15, -0.1) is 11.3 Å². The Kier molecular flexibility index (Phi) is 11.9. The van der Waals surface area contributed by atoms with Gasteiger partial charge in [0.05, 0.1) is 6.61 Å². The monoisotopic (exact) mass is 609 g/mol. The number of ketones is 1. The molecule has 0 saturated carbocycles. The number of unbranched alkanes of at least 4 members (excludes halogenated alkanes) is 2. The van der Waals surface area contributed by atoms with Gasteiger partial charge in [0.1, 0.15) is 34.5 Å². The van der Waals surface area contributed by atoms with E-state index in [1.807, 2.05) is 12.1 Å². The van der Waals surface area contributed by atoms with E-state index in [0.29, 0.717) is 45.4 Å². The molecule has 10 heteroatoms. The first-order chi connectivity index (χ1) is 20.8. The van der Waals surface area contributed by atoms with Crippen LogP contribution in [-0.2, 0) is 9.53 Å². The number of ether oxygens (including phenoxy) is 3. The van der Waals surface area contributed by atoms with Crippen LogP contribution in [0.25, 0.3) is 10.1 Å². The summed E-state index contributed by atoms with van der Waals surface area (Å²) in [4.78, 5) is 26.5. The van der Waals surface area contributed by atoms with Crippen molar-refractivity contribution in [3.63, 3.8) is 0 Å². The molecule has 8 nitrogen and oxygen atoms in total. The summed E-state index contributed by atoms with van der Waals surface area (Å²) >= 11 is 1.19. The van der Waals surface area contributed by atoms with Gasteiger partial charge in [-0.1, -0.05) is 19.1 Å². The number of rotatable bonds is 18. The van der Waals surface area contributed by atoms with Crippen LogP contribution in [-0.4, -0.2) is 66.3 Å². The van der Waals surface area contributed by atoms with Crippen molar-refractivity contribution in [2.45, 2.75) is 32.6 Å². The Morgan fingerprint density at radius 2 is 1.67 bits per heavy atom. The van der Waals surface area contributed by atoms with Crippen molar-refractivity contribution in [3.05, 3.63) is 83.0 Å². The lowest BCUT2D eigenvalue weighted by molar-refractivity contribution is -0.142. The highest BCUT2D eigenvalue weighted by Crippen LogP contribution is 2.42. The van der Waals surface area contributed by atoms with Crippen LogP contribution in [0.4, 0.5) is 4.39 Å². The van der Waals surface area contributed by atoms with Crippen LogP contribution in [0.15, 0.2) is 66.7 Å². The first kappa shape index (κ1) is 31.9. The van der Waals surface area contributed by atoms with Crippen LogP contribution >= 0.6 is 11.3 Å². The molecule has 0 aliphatic carbocycles. The van der Waals surface area contributed by atoms with Gasteiger partial charge in [0.15, 0.2) is 5.75 Å². The molecule has 0 fully saturated rings. The number of nitrogens with zero attached hydrogens (tertiary/aromatic N) is 1. The lowest BCUT2D eigenvalue weighted by atomic mass is 10.1. The van der Waals surface area contributed by atoms with Crippen molar-refractivity contribution in [3.8, 4) is 23.0 Å². The molecule has 0 unspecified atom stereocenters. The minimum atomic E-state index is -0.941. The number of hydrogen-bond acceptors (Lipinski definition) is 8. The maximum Gasteiger partial charge on any atom is 0.329 e. The van der Waals surface area contributed by atoms with E-state index < -0.39 is 11.8 Å². The largest absolute Gasteiger partial charge is 0.508 e. The Morgan fingerprint density at radius 3 is 2.42 bits per heavy atom. The number of carboxylic acids is 1. The normalized spacial score (nSPS) is 11.2. The number of carboxylic acid groups (broad SMARTS) is 1. The summed E-state index contributed by atoms with van der Waals surface area (Å²) in [6.07, 6.45) is 3.74. The predicted molar refractivity (Wildman–Crippen MR) is 164 cm³/mol. The average molecular weight is 610 g/mol. The number of phenols is 1. The second kappa shape index (κ2) is 16.0. The summed E-state index contributed by atoms with van der Waals surface area (Å²) in [7, 11) is 0. The number of aliphatic carboxylic acids is 1. The van der Waals surface area contributed by atoms with Crippen LogP contribution < -0.4 is 9.47 Å². The Morgan fingerprint density at radius 1 is 0.907 bits per heavy atom. The molecule has 0 radical (unpaired) electrons. The van der Waals surface area contributed by atoms with Crippen molar-refractivity contribution < 1.29 is 38.4 Å². The first-order valence-electron chi connectivity index (χ1n) is 14.3. The third-order valence-corrected chi connectivity index (χ3v) is 7.92. The van der Waals surface area contributed by atoms with Crippen LogP contribution in [0.5, 0.6) is 23.0 Å². The van der Waals surface area contributed by atoms with E-state index >= 15 is 0 Å². The number of fused-ring (bicyclic) bond motifs is 1. The highest BCUT2D eigenvalue weighted by Gasteiger charge is 2.22. The molecule has 0 spiro atoms. The summed E-state index contributed by atoms with van der Waals surface area (Å²) < 4.78 is 31.7. The molecule has 0 atom stereocenters. The second-order valence-electron chi connectivity index (χ2n) is 10.00. The van der Waals surface area contributed by atoms with Crippen LogP contribution in [0.2, 0.25) is 0 Å². The number of carbonyl (C=O) groups is 2. The molecular formula is C33H36FNO7S. The molecule has 4 rings (SSSR count). The fourth-order valence-corrected chi connectivity index (χ4v) is 5.70. The van der Waals surface area contributed by atoms with E-state index in [0.717, 1.165) is 45.3 Å². The van der Waals surface area contributed by atoms with Crippen LogP contribution in [0, 0.1) is 5.82 Å². The van der Waals surface area contributed by atoms with Gasteiger partial charge in [-0.3, -0.25) is 4.79 Å². The number of benzene rings is 3. The van der Waals surface area contributed by atoms with E-state index in [-0.39, 0.29) is 23.7 Å². The number of halogens is 1. The fourth-order valence-electron chi connectivity index (χ4n) is 4.58. The minimum absolute atomic E-state index is 0.0775. The molecule has 0 saturated heterocycles. The number of aromatic hydroxyl groups is 1. The molecule has 0 aliphatic heterocycles. The topological polar surface area (TPSA) is 106 Å². The summed E-state index contributed by atoms with van der Waals surface area (Å²) in [5, 5.41) is 19.2. The van der Waals surface area contributed by atoms with Crippen molar-refractivity contribution >= 4 is 33.2 Å². The molecule has 1 heterocycles. The average Bonchev–Trinajstić information content (AvgIpc) is 3.34. The standard InChI is InChI=1S/C33H36FNO7S/c1-2-35(16-4-3-5-18-40-22-30(37)38)17-7-19-41-26-11-13-27(14-12-26)42-32-28-15-10-25(36)21-29(28)43-33(32)31(39)23-8-6-9-24(34)20-23/h6,8-15,20-21,36H,2-5,7,16-19,22H2,1H3,(H,37,38). The zero-order chi connectivity index (χ0) is 30.6. The molecule has 3 aromatic carbocycles. The molecule has 1 aromatic heterocycles. The molecule has 43 heavy (non-hydrogen) atoms. The number of hydrogen-bond donors (Lipinski definition) is 2. The molecule has 2 N–H and O–H groups in total. The third kappa shape index (κ3) is 9.51. The molecular weight excluding hydrogens is 573 g/mol. The zero-order valence-electron chi connectivity index (χ0n) is 24.1. The Labute approximate surface area is 254 Å². The SMILES string of the molecule is CCN(CCCCCOCC(=O)O)CCCOc1ccc(Oc2c(C(=O)c3cccc(F)c3)sc3cc(O)ccc23)cc1. The maximum atomic E-state index is 13.8. The van der Waals surface area contributed by atoms with Gasteiger partial charge in [0.25, 0.3) is 0 Å². The zero-order valence-corrected chi connectivity index (χ0v) is 24.9. The van der Waals surface area contributed by atoms with Crippen molar-refractivity contribution in [1.29, 1.82) is 0 Å². The molecule has 4 aromatic rings. The molecule has 0 amide bonds. The Hall–Kier alpha value is -3.99. The Balaban J connectivity index is 1.29. The molecule has 0 aliphatic rings. The Bertz CT molecular complexity index is 1510. The summed E-state index contributed by atoms with van der Waals surface area (Å²) in [6.45, 7) is 5.75. The van der Waals surface area contributed by atoms with Gasteiger partial charge in [-0.2, -0.15) is 0 Å². The molecule has 228 valence electrons. The van der Waals surface area contributed by atoms with Gasteiger partial charge in [0, 0.05) is 28.8 Å². The van der Waals surface area contributed by atoms with Gasteiger partial charge in [-0.25, -0.2) is 9.18 Å². The lowest BCUT2D eigenvalue weighted by Gasteiger charge is -2.20. The first-order valence-corrected chi connectivity index (χ1v) is 15.1. The van der Waals surface area contributed by atoms with E-state index in [1.165, 1.54) is 35.6 Å². The van der Waals surface area contributed by atoms with Crippen LogP contribution in [0.3, 0.4) is 0 Å². The summed E-state index contributed by atoms with van der Waals surface area (Å²) in [5.74, 6) is -0.150. The van der Waals surface area contributed by atoms with Crippen molar-refractivity contribution in [1.82, 2.24) is 4.90 Å².